The van der Waals surface area contributed by atoms with Gasteiger partial charge in [-0.05, 0) is 6.92 Å². The smallest absolute Gasteiger partial charge is 0.113 e. The molecule has 0 N–H and O–H groups in total. The molecule has 0 atom stereocenters. The maximum Gasteiger partial charge on any atom is 0.148 e. The van der Waals surface area contributed by atoms with Gasteiger partial charge in [-0.2, -0.15) is 0 Å². The van der Waals surface area contributed by atoms with Crippen LogP contribution in [0.5, 0.6) is 0 Å². The highest BCUT2D eigenvalue weighted by molar-refractivity contribution is 6.43. The molecule has 1 heteroatoms. The molecule has 0 aromatic carbocycles. The fraction of sp³-hybridized carbons (Fsp3) is 0.600. The van der Waals surface area contributed by atoms with Crippen molar-refractivity contribution in [3.8, 4) is 0 Å². The molecular formula is C5H11B. The van der Waals surface area contributed by atoms with Crippen LogP contribution in [0, 0.1) is 0 Å². The Kier molecular flexibility index (Phi) is 2.92. The van der Waals surface area contributed by atoms with Crippen LogP contribution in [0.1, 0.15) is 13.8 Å². The molecular weight excluding hydrogens is 70.9 g/mol. The monoisotopic (exact) mass is 82.1 g/mol. The van der Waals surface area contributed by atoms with Crippen molar-refractivity contribution in [3.63, 3.8) is 0 Å². The standard InChI is InChI=1S/C5H11B/c1-4-5(2)6-3/h4,6H,1-3H3/b5-4+. The van der Waals surface area contributed by atoms with Crippen LogP contribution in [-0.4, -0.2) is 7.28 Å². The van der Waals surface area contributed by atoms with E-state index in [1.165, 1.54) is 12.8 Å². The molecule has 0 bridgehead atoms. The minimum atomic E-state index is 1.19. The van der Waals surface area contributed by atoms with Crippen LogP contribution in [0.4, 0.5) is 0 Å². The fourth-order valence-electron chi connectivity index (χ4n) is 0.204. The fourth-order valence-corrected chi connectivity index (χ4v) is 0.204. The maximum atomic E-state index is 2.16. The largest absolute Gasteiger partial charge is 0.148 e. The minimum absolute atomic E-state index is 1.19. The lowest BCUT2D eigenvalue weighted by Crippen LogP contribution is -1.80. The van der Waals surface area contributed by atoms with Gasteiger partial charge in [0.2, 0.25) is 0 Å². The average Bonchev–Trinajstić information content (AvgIpc) is 1.65. The molecule has 0 saturated heterocycles. The van der Waals surface area contributed by atoms with Gasteiger partial charge in [0.05, 0.1) is 0 Å². The molecule has 0 fully saturated rings. The summed E-state index contributed by atoms with van der Waals surface area (Å²) in [6, 6.07) is 0. The molecule has 0 spiro atoms. The topological polar surface area (TPSA) is 0 Å². The van der Waals surface area contributed by atoms with Gasteiger partial charge in [-0.15, -0.1) is 5.47 Å². The lowest BCUT2D eigenvalue weighted by atomic mass is 9.73. The molecule has 34 valence electrons. The predicted molar refractivity (Wildman–Crippen MR) is 32.4 cm³/mol. The van der Waals surface area contributed by atoms with Crippen molar-refractivity contribution in [1.29, 1.82) is 0 Å². The molecule has 0 nitrogen and oxygen atoms in total. The normalized spacial score (nSPS) is 11.5. The molecule has 6 heavy (non-hydrogen) atoms. The summed E-state index contributed by atoms with van der Waals surface area (Å²) in [5.41, 5.74) is 1.47. The summed E-state index contributed by atoms with van der Waals surface area (Å²) in [5.74, 6) is 0. The Morgan fingerprint density at radius 2 is 2.17 bits per heavy atom. The third kappa shape index (κ3) is 2.07. The molecule has 0 radical (unpaired) electrons. The van der Waals surface area contributed by atoms with Crippen molar-refractivity contribution in [2.75, 3.05) is 0 Å². The SMILES string of the molecule is CB/C(C)=C/C. The number of rotatable bonds is 1. The van der Waals surface area contributed by atoms with E-state index >= 15 is 0 Å². The molecule has 0 aliphatic carbocycles. The van der Waals surface area contributed by atoms with E-state index in [4.69, 9.17) is 0 Å². The van der Waals surface area contributed by atoms with Gasteiger partial charge in [0.25, 0.3) is 0 Å². The number of hydrogen-bond acceptors (Lipinski definition) is 0. The quantitative estimate of drug-likeness (QED) is 0.419. The zero-order valence-electron chi connectivity index (χ0n) is 4.78. The highest BCUT2D eigenvalue weighted by atomic mass is 13.6. The van der Waals surface area contributed by atoms with Gasteiger partial charge in [-0.3, -0.25) is 0 Å². The Labute approximate surface area is 40.5 Å². The molecule has 0 rings (SSSR count). The second-order valence-corrected chi connectivity index (χ2v) is 1.49. The molecule has 0 heterocycles. The van der Waals surface area contributed by atoms with E-state index < -0.39 is 0 Å². The first-order chi connectivity index (χ1) is 2.81. The van der Waals surface area contributed by atoms with Gasteiger partial charge in [-0.1, -0.05) is 19.8 Å². The van der Waals surface area contributed by atoms with E-state index in [1.54, 1.807) is 0 Å². The van der Waals surface area contributed by atoms with Gasteiger partial charge in [0, 0.05) is 0 Å². The van der Waals surface area contributed by atoms with Crippen molar-refractivity contribution in [3.05, 3.63) is 11.5 Å². The van der Waals surface area contributed by atoms with Crippen LogP contribution in [0.3, 0.4) is 0 Å². The molecule has 0 aliphatic rings. The van der Waals surface area contributed by atoms with Gasteiger partial charge in [0.1, 0.15) is 7.28 Å². The van der Waals surface area contributed by atoms with Crippen molar-refractivity contribution in [1.82, 2.24) is 0 Å². The first kappa shape index (κ1) is 5.80. The van der Waals surface area contributed by atoms with Crippen molar-refractivity contribution < 1.29 is 0 Å². The average molecular weight is 82.0 g/mol. The van der Waals surface area contributed by atoms with Crippen LogP contribution in [-0.2, 0) is 0 Å². The Hall–Kier alpha value is -0.195. The first-order valence-electron chi connectivity index (χ1n) is 2.43. The zero-order valence-corrected chi connectivity index (χ0v) is 4.78. The summed E-state index contributed by atoms with van der Waals surface area (Å²) < 4.78 is 0. The van der Waals surface area contributed by atoms with Crippen molar-refractivity contribution in [2.24, 2.45) is 0 Å². The maximum absolute atomic E-state index is 2.16. The lowest BCUT2D eigenvalue weighted by Gasteiger charge is -1.82. The summed E-state index contributed by atoms with van der Waals surface area (Å²) in [6.45, 7) is 6.37. The zero-order chi connectivity index (χ0) is 4.99. The Bertz CT molecular complexity index is 55.0. The van der Waals surface area contributed by atoms with Crippen molar-refractivity contribution in [2.45, 2.75) is 20.7 Å². The second kappa shape index (κ2) is 3.01. The van der Waals surface area contributed by atoms with Gasteiger partial charge < -0.3 is 0 Å². The van der Waals surface area contributed by atoms with Gasteiger partial charge in [0.15, 0.2) is 0 Å². The molecule has 0 unspecified atom stereocenters. The lowest BCUT2D eigenvalue weighted by molar-refractivity contribution is 1.57. The van der Waals surface area contributed by atoms with Crippen LogP contribution in [0.2, 0.25) is 6.82 Å². The highest BCUT2D eigenvalue weighted by Gasteiger charge is 1.76. The highest BCUT2D eigenvalue weighted by Crippen LogP contribution is 1.84. The minimum Gasteiger partial charge on any atom is -0.113 e. The van der Waals surface area contributed by atoms with E-state index in [-0.39, 0.29) is 0 Å². The Balaban J connectivity index is 3.22. The Morgan fingerprint density at radius 3 is 2.17 bits per heavy atom. The van der Waals surface area contributed by atoms with Crippen LogP contribution >= 0.6 is 0 Å². The molecule has 0 amide bonds. The number of hydrogen-bond donors (Lipinski definition) is 0. The van der Waals surface area contributed by atoms with E-state index in [0.29, 0.717) is 0 Å². The van der Waals surface area contributed by atoms with E-state index in [0.717, 1.165) is 0 Å². The second-order valence-electron chi connectivity index (χ2n) is 1.49. The van der Waals surface area contributed by atoms with Gasteiger partial charge >= 0.3 is 0 Å². The third-order valence-corrected chi connectivity index (χ3v) is 1.05. The molecule has 0 aromatic rings. The molecule has 0 aromatic heterocycles. The molecule has 0 aliphatic heterocycles. The summed E-state index contributed by atoms with van der Waals surface area (Å²) in [7, 11) is 1.19. The summed E-state index contributed by atoms with van der Waals surface area (Å²) >= 11 is 0. The summed E-state index contributed by atoms with van der Waals surface area (Å²) in [4.78, 5) is 0. The first-order valence-corrected chi connectivity index (χ1v) is 2.43. The van der Waals surface area contributed by atoms with Crippen LogP contribution < -0.4 is 0 Å². The predicted octanol–water partition coefficient (Wildman–Crippen LogP) is 1.39. The van der Waals surface area contributed by atoms with Gasteiger partial charge in [-0.25, -0.2) is 0 Å². The van der Waals surface area contributed by atoms with Crippen LogP contribution in [0.15, 0.2) is 11.5 Å². The number of allylic oxidation sites excluding steroid dienone is 2. The summed E-state index contributed by atoms with van der Waals surface area (Å²) in [5, 5.41) is 0. The Morgan fingerprint density at radius 1 is 1.67 bits per heavy atom. The summed E-state index contributed by atoms with van der Waals surface area (Å²) in [6.07, 6.45) is 2.14. The van der Waals surface area contributed by atoms with E-state index in [2.05, 4.69) is 26.7 Å². The molecule has 0 saturated carbocycles. The van der Waals surface area contributed by atoms with Crippen LogP contribution in [0.25, 0.3) is 0 Å². The van der Waals surface area contributed by atoms with Crippen molar-refractivity contribution >= 4 is 7.28 Å². The third-order valence-electron chi connectivity index (χ3n) is 1.05. The van der Waals surface area contributed by atoms with E-state index in [9.17, 15) is 0 Å². The van der Waals surface area contributed by atoms with E-state index in [1.807, 2.05) is 0 Å².